The number of carbonyl (C=O) groups excluding carboxylic acids is 1. The Hall–Kier alpha value is -2.17. The van der Waals surface area contributed by atoms with Crippen molar-refractivity contribution in [1.29, 1.82) is 0 Å². The molecule has 25 heavy (non-hydrogen) atoms. The predicted octanol–water partition coefficient (Wildman–Crippen LogP) is 2.83. The van der Waals surface area contributed by atoms with Gasteiger partial charge in [0.05, 0.1) is 12.7 Å². The lowest BCUT2D eigenvalue weighted by atomic mass is 10.0. The second-order valence-corrected chi connectivity index (χ2v) is 6.89. The van der Waals surface area contributed by atoms with Gasteiger partial charge in [-0.15, -0.1) is 0 Å². The van der Waals surface area contributed by atoms with Gasteiger partial charge in [0.2, 0.25) is 5.91 Å². The highest BCUT2D eigenvalue weighted by Gasteiger charge is 2.32. The number of morpholine rings is 1. The Labute approximate surface area is 148 Å². The number of nitrogens with zero attached hydrogens (tertiary/aromatic N) is 1. The van der Waals surface area contributed by atoms with Crippen molar-refractivity contribution < 1.29 is 9.53 Å². The quantitative estimate of drug-likeness (QED) is 0.873. The third-order valence-electron chi connectivity index (χ3n) is 5.20. The number of carbonyl (C=O) groups is 1. The van der Waals surface area contributed by atoms with Crippen LogP contribution in [0.5, 0.6) is 0 Å². The summed E-state index contributed by atoms with van der Waals surface area (Å²) in [5, 5.41) is 5.31. The fraction of sp³-hybridized carbons (Fsp3) is 0.381. The van der Waals surface area contributed by atoms with Crippen LogP contribution >= 0.6 is 0 Å². The van der Waals surface area contributed by atoms with E-state index in [1.165, 1.54) is 24.8 Å². The predicted molar refractivity (Wildman–Crippen MR) is 100 cm³/mol. The average Bonchev–Trinajstić information content (AvgIpc) is 3.12. The summed E-state index contributed by atoms with van der Waals surface area (Å²) in [6.45, 7) is 3.46. The minimum absolute atomic E-state index is 0.0694. The van der Waals surface area contributed by atoms with E-state index in [2.05, 4.69) is 28.4 Å². The zero-order valence-corrected chi connectivity index (χ0v) is 14.4. The first kappa shape index (κ1) is 16.3. The summed E-state index contributed by atoms with van der Waals surface area (Å²) in [7, 11) is 0. The second kappa shape index (κ2) is 7.38. The Kier molecular flexibility index (Phi) is 4.81. The molecule has 2 aromatic carbocycles. The lowest BCUT2D eigenvalue weighted by molar-refractivity contribution is -0.117. The van der Waals surface area contributed by atoms with E-state index in [9.17, 15) is 4.79 Å². The van der Waals surface area contributed by atoms with Gasteiger partial charge in [0.15, 0.2) is 0 Å². The molecule has 0 aromatic heterocycles. The van der Waals surface area contributed by atoms with Crippen molar-refractivity contribution in [2.75, 3.05) is 26.2 Å². The van der Waals surface area contributed by atoms with Crippen LogP contribution in [0.3, 0.4) is 0 Å². The van der Waals surface area contributed by atoms with E-state index in [1.807, 2.05) is 30.3 Å². The number of amides is 1. The lowest BCUT2D eigenvalue weighted by Gasteiger charge is -2.35. The molecule has 0 saturated carbocycles. The molecule has 0 aliphatic carbocycles. The van der Waals surface area contributed by atoms with Gasteiger partial charge in [0.25, 0.3) is 0 Å². The molecule has 0 bridgehead atoms. The summed E-state index contributed by atoms with van der Waals surface area (Å²) < 4.78 is 5.88. The molecular weight excluding hydrogens is 312 g/mol. The molecule has 2 fully saturated rings. The van der Waals surface area contributed by atoms with Crippen molar-refractivity contribution >= 4 is 22.8 Å². The largest absolute Gasteiger partial charge is 0.373 e. The van der Waals surface area contributed by atoms with Crippen molar-refractivity contribution in [3.05, 3.63) is 54.1 Å². The molecule has 130 valence electrons. The number of fused-ring (bicyclic) bond motifs is 2. The first-order valence-corrected chi connectivity index (χ1v) is 9.09. The van der Waals surface area contributed by atoms with Gasteiger partial charge in [-0.3, -0.25) is 9.69 Å². The first-order valence-electron chi connectivity index (χ1n) is 9.09. The van der Waals surface area contributed by atoms with Crippen LogP contribution in [0.4, 0.5) is 0 Å². The highest BCUT2D eigenvalue weighted by molar-refractivity contribution is 5.96. The number of hydrogen-bond donors (Lipinski definition) is 1. The smallest absolute Gasteiger partial charge is 0.244 e. The zero-order valence-electron chi connectivity index (χ0n) is 14.4. The Bertz CT molecular complexity index is 781. The molecule has 4 heteroatoms. The third-order valence-corrected chi connectivity index (χ3v) is 5.20. The van der Waals surface area contributed by atoms with Gasteiger partial charge in [-0.1, -0.05) is 42.5 Å². The fourth-order valence-corrected chi connectivity index (χ4v) is 3.84. The van der Waals surface area contributed by atoms with Crippen LogP contribution in [0.15, 0.2) is 48.5 Å². The molecule has 0 unspecified atom stereocenters. The zero-order chi connectivity index (χ0) is 17.1. The molecule has 2 aromatic rings. The number of benzene rings is 2. The van der Waals surface area contributed by atoms with Crippen molar-refractivity contribution in [2.45, 2.75) is 25.0 Å². The Balaban J connectivity index is 1.33. The summed E-state index contributed by atoms with van der Waals surface area (Å²) in [5.41, 5.74) is 1.06. The molecule has 0 radical (unpaired) electrons. The Morgan fingerprint density at radius 3 is 3.08 bits per heavy atom. The molecular formula is C21H24N2O2. The van der Waals surface area contributed by atoms with Gasteiger partial charge in [-0.25, -0.2) is 0 Å². The normalized spacial score (nSPS) is 23.8. The SMILES string of the molecule is O=C(/C=C/c1cccc2ccccc12)NC[C@@H]1CN2CCC[C@@H]2CO1. The van der Waals surface area contributed by atoms with Crippen LogP contribution in [0.2, 0.25) is 0 Å². The van der Waals surface area contributed by atoms with E-state index >= 15 is 0 Å². The molecule has 2 atom stereocenters. The Morgan fingerprint density at radius 2 is 2.12 bits per heavy atom. The summed E-state index contributed by atoms with van der Waals surface area (Å²) in [4.78, 5) is 14.6. The van der Waals surface area contributed by atoms with E-state index in [1.54, 1.807) is 6.08 Å². The van der Waals surface area contributed by atoms with Gasteiger partial charge in [0.1, 0.15) is 0 Å². The van der Waals surface area contributed by atoms with E-state index in [0.29, 0.717) is 12.6 Å². The highest BCUT2D eigenvalue weighted by Crippen LogP contribution is 2.22. The second-order valence-electron chi connectivity index (χ2n) is 6.89. The maximum atomic E-state index is 12.2. The third kappa shape index (κ3) is 3.75. The first-order chi connectivity index (χ1) is 12.3. The van der Waals surface area contributed by atoms with Gasteiger partial charge < -0.3 is 10.1 Å². The van der Waals surface area contributed by atoms with E-state index in [0.717, 1.165) is 24.1 Å². The molecule has 1 amide bonds. The summed E-state index contributed by atoms with van der Waals surface area (Å²) in [6, 6.07) is 14.9. The van der Waals surface area contributed by atoms with Gasteiger partial charge in [-0.2, -0.15) is 0 Å². The molecule has 4 rings (SSSR count). The molecule has 2 saturated heterocycles. The van der Waals surface area contributed by atoms with Crippen molar-refractivity contribution in [3.63, 3.8) is 0 Å². The van der Waals surface area contributed by atoms with Crippen LogP contribution in [-0.4, -0.2) is 49.2 Å². The summed E-state index contributed by atoms with van der Waals surface area (Å²) >= 11 is 0. The lowest BCUT2D eigenvalue weighted by Crippen LogP contribution is -2.49. The molecule has 1 N–H and O–H groups in total. The van der Waals surface area contributed by atoms with E-state index in [-0.39, 0.29) is 12.0 Å². The average molecular weight is 336 g/mol. The molecule has 2 aliphatic rings. The van der Waals surface area contributed by atoms with E-state index in [4.69, 9.17) is 4.74 Å². The highest BCUT2D eigenvalue weighted by atomic mass is 16.5. The molecule has 0 spiro atoms. The maximum absolute atomic E-state index is 12.2. The Morgan fingerprint density at radius 1 is 1.24 bits per heavy atom. The van der Waals surface area contributed by atoms with E-state index < -0.39 is 0 Å². The van der Waals surface area contributed by atoms with Crippen molar-refractivity contribution in [1.82, 2.24) is 10.2 Å². The van der Waals surface area contributed by atoms with Gasteiger partial charge >= 0.3 is 0 Å². The monoisotopic (exact) mass is 336 g/mol. The number of rotatable bonds is 4. The number of ether oxygens (including phenoxy) is 1. The maximum Gasteiger partial charge on any atom is 0.244 e. The molecule has 2 aliphatic heterocycles. The van der Waals surface area contributed by atoms with Crippen LogP contribution in [-0.2, 0) is 9.53 Å². The van der Waals surface area contributed by atoms with Gasteiger partial charge in [0, 0.05) is 25.2 Å². The number of nitrogens with one attached hydrogen (secondary N) is 1. The number of hydrogen-bond acceptors (Lipinski definition) is 3. The minimum atomic E-state index is -0.0694. The van der Waals surface area contributed by atoms with Crippen LogP contribution in [0.1, 0.15) is 18.4 Å². The molecule has 2 heterocycles. The fourth-order valence-electron chi connectivity index (χ4n) is 3.84. The molecule has 4 nitrogen and oxygen atoms in total. The summed E-state index contributed by atoms with van der Waals surface area (Å²) in [5.74, 6) is -0.0694. The van der Waals surface area contributed by atoms with Gasteiger partial charge in [-0.05, 0) is 41.8 Å². The summed E-state index contributed by atoms with van der Waals surface area (Å²) in [6.07, 6.45) is 6.11. The van der Waals surface area contributed by atoms with Crippen molar-refractivity contribution in [3.8, 4) is 0 Å². The van der Waals surface area contributed by atoms with Crippen molar-refractivity contribution in [2.24, 2.45) is 0 Å². The standard InChI is InChI=1S/C21H24N2O2/c24-21(22-13-19-14-23-12-4-8-18(23)15-25-19)11-10-17-7-3-6-16-5-1-2-9-20(16)17/h1-3,5-7,9-11,18-19H,4,8,12-15H2,(H,22,24)/b11-10+/t18-,19-/m1/s1. The van der Waals surface area contributed by atoms with Crippen LogP contribution in [0, 0.1) is 0 Å². The topological polar surface area (TPSA) is 41.6 Å². The van der Waals surface area contributed by atoms with Crippen LogP contribution < -0.4 is 5.32 Å². The minimum Gasteiger partial charge on any atom is -0.373 e. The van der Waals surface area contributed by atoms with Crippen LogP contribution in [0.25, 0.3) is 16.8 Å².